The van der Waals surface area contributed by atoms with E-state index in [-0.39, 0.29) is 0 Å². The first kappa shape index (κ1) is 16.8. The topological polar surface area (TPSA) is 79.3 Å². The second-order valence-corrected chi connectivity index (χ2v) is 6.34. The van der Waals surface area contributed by atoms with Gasteiger partial charge >= 0.3 is 7.12 Å². The van der Waals surface area contributed by atoms with E-state index < -0.39 is 7.12 Å². The lowest BCUT2D eigenvalue weighted by atomic mass is 9.79. The third kappa shape index (κ3) is 3.65. The van der Waals surface area contributed by atoms with Crippen LogP contribution < -0.4 is 16.1 Å². The lowest BCUT2D eigenvalue weighted by molar-refractivity contribution is 0.275. The Morgan fingerprint density at radius 1 is 1.19 bits per heavy atom. The number of rotatable bonds is 5. The van der Waals surface area contributed by atoms with E-state index in [0.29, 0.717) is 29.9 Å². The number of halogens is 1. The summed E-state index contributed by atoms with van der Waals surface area (Å²) in [5.41, 5.74) is 3.68. The molecule has 0 unspecified atom stereocenters. The Morgan fingerprint density at radius 2 is 2.04 bits per heavy atom. The van der Waals surface area contributed by atoms with Crippen molar-refractivity contribution in [2.24, 2.45) is 0 Å². The van der Waals surface area contributed by atoms with E-state index >= 15 is 0 Å². The van der Waals surface area contributed by atoms with Gasteiger partial charge in [0.1, 0.15) is 5.02 Å². The van der Waals surface area contributed by atoms with Gasteiger partial charge in [-0.05, 0) is 28.7 Å². The van der Waals surface area contributed by atoms with Gasteiger partial charge in [-0.15, -0.1) is 0 Å². The number of hydrogen-bond donors (Lipinski definition) is 3. The van der Waals surface area contributed by atoms with Gasteiger partial charge in [0.15, 0.2) is 5.82 Å². The van der Waals surface area contributed by atoms with Crippen molar-refractivity contribution < 1.29 is 9.68 Å². The lowest BCUT2D eigenvalue weighted by Gasteiger charge is -2.11. The summed E-state index contributed by atoms with van der Waals surface area (Å²) in [6.45, 7) is 1.00. The van der Waals surface area contributed by atoms with Crippen LogP contribution in [0.4, 0.5) is 17.5 Å². The highest BCUT2D eigenvalue weighted by atomic mass is 35.5. The summed E-state index contributed by atoms with van der Waals surface area (Å²) in [5.74, 6) is 0.998. The molecule has 8 heteroatoms. The van der Waals surface area contributed by atoms with Gasteiger partial charge in [-0.2, -0.15) is 4.98 Å². The van der Waals surface area contributed by atoms with Crippen LogP contribution in [0.1, 0.15) is 11.1 Å². The normalized spacial score (nSPS) is 12.8. The average Bonchev–Trinajstić information content (AvgIpc) is 3.03. The summed E-state index contributed by atoms with van der Waals surface area (Å²) in [4.78, 5) is 8.67. The summed E-state index contributed by atoms with van der Waals surface area (Å²) in [6, 6.07) is 15.6. The van der Waals surface area contributed by atoms with Crippen molar-refractivity contribution >= 4 is 41.6 Å². The predicted octanol–water partition coefficient (Wildman–Crippen LogP) is 2.70. The number of anilines is 3. The molecule has 1 aromatic heterocycles. The van der Waals surface area contributed by atoms with Gasteiger partial charge in [0.2, 0.25) is 5.95 Å². The Bertz CT molecular complexity index is 926. The standard InChI is InChI=1S/C18H16BClN4O2/c20-16-10-22-18(24-17(16)21-9-12-4-2-1-3-5-12)23-14-6-7-15-13(8-14)11-26-19(15)25/h1-8,10,25H,9,11H2,(H2,21,22,23,24). The molecule has 0 fully saturated rings. The Labute approximate surface area is 156 Å². The van der Waals surface area contributed by atoms with Crippen molar-refractivity contribution in [1.29, 1.82) is 0 Å². The zero-order valence-electron chi connectivity index (χ0n) is 13.8. The van der Waals surface area contributed by atoms with Crippen molar-refractivity contribution in [2.45, 2.75) is 13.2 Å². The summed E-state index contributed by atoms with van der Waals surface area (Å²) in [6.07, 6.45) is 1.56. The first-order valence-electron chi connectivity index (χ1n) is 8.19. The molecule has 4 rings (SSSR count). The van der Waals surface area contributed by atoms with Crippen molar-refractivity contribution in [3.8, 4) is 0 Å². The molecule has 0 spiro atoms. The summed E-state index contributed by atoms with van der Waals surface area (Å²) in [5, 5.41) is 16.5. The highest BCUT2D eigenvalue weighted by Crippen LogP contribution is 2.23. The quantitative estimate of drug-likeness (QED) is 0.603. The van der Waals surface area contributed by atoms with Crippen LogP contribution in [0.5, 0.6) is 0 Å². The van der Waals surface area contributed by atoms with Gasteiger partial charge in [0, 0.05) is 12.2 Å². The molecule has 2 heterocycles. The van der Waals surface area contributed by atoms with Gasteiger partial charge in [-0.1, -0.05) is 48.0 Å². The van der Waals surface area contributed by atoms with Gasteiger partial charge in [-0.3, -0.25) is 0 Å². The van der Waals surface area contributed by atoms with Gasteiger partial charge < -0.3 is 20.3 Å². The SMILES string of the molecule is OB1OCc2cc(Nc3ncc(Cl)c(NCc4ccccc4)n3)ccc21. The van der Waals surface area contributed by atoms with Gasteiger partial charge in [-0.25, -0.2) is 4.98 Å². The molecule has 3 aromatic rings. The third-order valence-electron chi connectivity index (χ3n) is 4.11. The van der Waals surface area contributed by atoms with E-state index in [1.54, 1.807) is 6.20 Å². The molecular weight excluding hydrogens is 350 g/mol. The zero-order valence-corrected chi connectivity index (χ0v) is 14.6. The average molecular weight is 367 g/mol. The maximum atomic E-state index is 9.69. The fourth-order valence-electron chi connectivity index (χ4n) is 2.77. The molecule has 0 aliphatic carbocycles. The Morgan fingerprint density at radius 3 is 2.88 bits per heavy atom. The number of hydrogen-bond acceptors (Lipinski definition) is 6. The van der Waals surface area contributed by atoms with Crippen LogP contribution in [0.15, 0.2) is 54.7 Å². The van der Waals surface area contributed by atoms with Crippen LogP contribution in [0.2, 0.25) is 5.02 Å². The molecule has 2 aromatic carbocycles. The molecular formula is C18H16BClN4O2. The predicted molar refractivity (Wildman–Crippen MR) is 103 cm³/mol. The molecule has 0 saturated heterocycles. The minimum atomic E-state index is -0.848. The summed E-state index contributed by atoms with van der Waals surface area (Å²) < 4.78 is 5.21. The largest absolute Gasteiger partial charge is 0.491 e. The van der Waals surface area contributed by atoms with Crippen molar-refractivity contribution in [3.63, 3.8) is 0 Å². The van der Waals surface area contributed by atoms with E-state index in [2.05, 4.69) is 20.6 Å². The van der Waals surface area contributed by atoms with Crippen molar-refractivity contribution in [2.75, 3.05) is 10.6 Å². The van der Waals surface area contributed by atoms with Crippen molar-refractivity contribution in [3.05, 3.63) is 70.9 Å². The molecule has 0 radical (unpaired) electrons. The molecule has 6 nitrogen and oxygen atoms in total. The van der Waals surface area contributed by atoms with Crippen LogP contribution in [0.25, 0.3) is 0 Å². The molecule has 0 amide bonds. The molecule has 1 aliphatic heterocycles. The summed E-state index contributed by atoms with van der Waals surface area (Å²) >= 11 is 6.20. The zero-order chi connectivity index (χ0) is 17.9. The monoisotopic (exact) mass is 366 g/mol. The van der Waals surface area contributed by atoms with Crippen LogP contribution in [0, 0.1) is 0 Å². The Hall–Kier alpha value is -2.61. The van der Waals surface area contributed by atoms with Crippen LogP contribution >= 0.6 is 11.6 Å². The fraction of sp³-hybridized carbons (Fsp3) is 0.111. The molecule has 0 saturated carbocycles. The highest BCUT2D eigenvalue weighted by molar-refractivity contribution is 6.61. The van der Waals surface area contributed by atoms with E-state index in [1.807, 2.05) is 48.5 Å². The second-order valence-electron chi connectivity index (χ2n) is 5.93. The summed E-state index contributed by atoms with van der Waals surface area (Å²) in [7, 11) is -0.848. The first-order valence-corrected chi connectivity index (χ1v) is 8.57. The van der Waals surface area contributed by atoms with Crippen LogP contribution in [-0.2, 0) is 17.8 Å². The highest BCUT2D eigenvalue weighted by Gasteiger charge is 2.27. The maximum absolute atomic E-state index is 9.69. The molecule has 130 valence electrons. The second kappa shape index (κ2) is 7.33. The molecule has 26 heavy (non-hydrogen) atoms. The minimum Gasteiger partial charge on any atom is -0.423 e. The van der Waals surface area contributed by atoms with Crippen molar-refractivity contribution in [1.82, 2.24) is 9.97 Å². The number of fused-ring (bicyclic) bond motifs is 1. The van der Waals surface area contributed by atoms with Crippen LogP contribution in [0.3, 0.4) is 0 Å². The van der Waals surface area contributed by atoms with E-state index in [9.17, 15) is 5.02 Å². The lowest BCUT2D eigenvalue weighted by Crippen LogP contribution is -2.27. The van der Waals surface area contributed by atoms with E-state index in [0.717, 1.165) is 22.3 Å². The Kier molecular flexibility index (Phi) is 4.75. The number of nitrogens with one attached hydrogen (secondary N) is 2. The smallest absolute Gasteiger partial charge is 0.423 e. The third-order valence-corrected chi connectivity index (χ3v) is 4.39. The van der Waals surface area contributed by atoms with Gasteiger partial charge in [0.25, 0.3) is 0 Å². The Balaban J connectivity index is 1.49. The number of benzene rings is 2. The number of nitrogens with zero attached hydrogens (tertiary/aromatic N) is 2. The fourth-order valence-corrected chi connectivity index (χ4v) is 2.93. The minimum absolute atomic E-state index is 0.386. The molecule has 0 bridgehead atoms. The van der Waals surface area contributed by atoms with E-state index in [4.69, 9.17) is 16.3 Å². The first-order chi connectivity index (χ1) is 12.7. The van der Waals surface area contributed by atoms with E-state index in [1.165, 1.54) is 0 Å². The molecule has 1 aliphatic rings. The maximum Gasteiger partial charge on any atom is 0.491 e. The molecule has 3 N–H and O–H groups in total. The van der Waals surface area contributed by atoms with Crippen LogP contribution in [-0.4, -0.2) is 22.1 Å². The van der Waals surface area contributed by atoms with Gasteiger partial charge in [0.05, 0.1) is 12.8 Å². The number of aromatic nitrogens is 2. The molecule has 0 atom stereocenters.